The Morgan fingerprint density at radius 1 is 1.53 bits per heavy atom. The molecule has 0 aliphatic rings. The zero-order valence-electron chi connectivity index (χ0n) is 9.22. The summed E-state index contributed by atoms with van der Waals surface area (Å²) in [5, 5.41) is 3.94. The minimum Gasteiger partial charge on any atom is -0.380 e. The minimum absolute atomic E-state index is 0.429. The molecule has 1 aromatic rings. The van der Waals surface area contributed by atoms with Gasteiger partial charge in [-0.1, -0.05) is 32.4 Å². The fourth-order valence-electron chi connectivity index (χ4n) is 1.46. The number of rotatable bonds is 4. The predicted octanol–water partition coefficient (Wildman–Crippen LogP) is 4.34. The number of nitrogens with zero attached hydrogens (tertiary/aromatic N) is 1. The third-order valence-corrected chi connectivity index (χ3v) is 3.13. The van der Waals surface area contributed by atoms with Crippen molar-refractivity contribution in [2.75, 3.05) is 5.32 Å². The molecule has 0 saturated carbocycles. The van der Waals surface area contributed by atoms with Gasteiger partial charge in [0.15, 0.2) is 5.15 Å². The molecule has 1 aromatic heterocycles. The average Bonchev–Trinajstić information content (AvgIpc) is 2.18. The van der Waals surface area contributed by atoms with E-state index < -0.39 is 0 Å². The Labute approximate surface area is 105 Å². The fourth-order valence-corrected chi connectivity index (χ4v) is 1.95. The zero-order valence-corrected chi connectivity index (χ0v) is 11.6. The van der Waals surface area contributed by atoms with Crippen molar-refractivity contribution >= 4 is 33.2 Å². The van der Waals surface area contributed by atoms with E-state index in [0.717, 1.165) is 16.6 Å². The quantitative estimate of drug-likeness (QED) is 0.835. The summed E-state index contributed by atoms with van der Waals surface area (Å²) < 4.78 is 0.938. The van der Waals surface area contributed by atoms with Gasteiger partial charge in [-0.25, -0.2) is 4.98 Å². The van der Waals surface area contributed by atoms with Crippen molar-refractivity contribution in [3.8, 4) is 0 Å². The molecule has 0 aliphatic carbocycles. The second-order valence-electron chi connectivity index (χ2n) is 3.90. The van der Waals surface area contributed by atoms with Crippen molar-refractivity contribution in [2.24, 2.45) is 5.92 Å². The van der Waals surface area contributed by atoms with E-state index in [9.17, 15) is 0 Å². The van der Waals surface area contributed by atoms with Gasteiger partial charge >= 0.3 is 0 Å². The Kier molecular flexibility index (Phi) is 4.87. The second-order valence-corrected chi connectivity index (χ2v) is 5.17. The largest absolute Gasteiger partial charge is 0.380 e. The summed E-state index contributed by atoms with van der Waals surface area (Å²) in [4.78, 5) is 4.08. The first-order chi connectivity index (χ1) is 7.04. The molecule has 0 fully saturated rings. The lowest BCUT2D eigenvalue weighted by Crippen LogP contribution is -2.24. The first-order valence-electron chi connectivity index (χ1n) is 5.12. The molecule has 2 nitrogen and oxygen atoms in total. The highest BCUT2D eigenvalue weighted by Gasteiger charge is 2.12. The maximum atomic E-state index is 6.01. The lowest BCUT2D eigenvalue weighted by molar-refractivity contribution is 0.511. The first kappa shape index (κ1) is 12.8. The summed E-state index contributed by atoms with van der Waals surface area (Å²) in [5.41, 5.74) is 0.895. The smallest absolute Gasteiger partial charge is 0.152 e. The van der Waals surface area contributed by atoms with Crippen LogP contribution in [0.25, 0.3) is 0 Å². The molecule has 0 aliphatic heterocycles. The van der Waals surface area contributed by atoms with Crippen molar-refractivity contribution < 1.29 is 0 Å². The highest BCUT2D eigenvalue weighted by molar-refractivity contribution is 9.10. The third-order valence-electron chi connectivity index (χ3n) is 2.39. The van der Waals surface area contributed by atoms with Gasteiger partial charge in [-0.3, -0.25) is 0 Å². The second kappa shape index (κ2) is 5.71. The van der Waals surface area contributed by atoms with Crippen LogP contribution in [0, 0.1) is 5.92 Å². The molecule has 1 rings (SSSR count). The molecule has 0 spiro atoms. The highest BCUT2D eigenvalue weighted by atomic mass is 79.9. The molecule has 0 aromatic carbocycles. The van der Waals surface area contributed by atoms with E-state index in [1.54, 1.807) is 6.20 Å². The summed E-state index contributed by atoms with van der Waals surface area (Å²) in [6.07, 6.45) is 2.77. The van der Waals surface area contributed by atoms with Gasteiger partial charge in [-0.2, -0.15) is 0 Å². The summed E-state index contributed by atoms with van der Waals surface area (Å²) in [5.74, 6) is 0.574. The van der Waals surface area contributed by atoms with E-state index in [2.05, 4.69) is 47.0 Å². The van der Waals surface area contributed by atoms with Crippen LogP contribution in [0.1, 0.15) is 27.2 Å². The summed E-state index contributed by atoms with van der Waals surface area (Å²) in [6.45, 7) is 6.55. The molecule has 0 bridgehead atoms. The van der Waals surface area contributed by atoms with Crippen LogP contribution in [-0.4, -0.2) is 11.0 Å². The van der Waals surface area contributed by atoms with E-state index in [1.807, 2.05) is 6.07 Å². The lowest BCUT2D eigenvalue weighted by Gasteiger charge is -2.22. The van der Waals surface area contributed by atoms with Gasteiger partial charge in [0, 0.05) is 16.7 Å². The van der Waals surface area contributed by atoms with Gasteiger partial charge in [-0.05, 0) is 34.3 Å². The van der Waals surface area contributed by atoms with Crippen molar-refractivity contribution in [1.29, 1.82) is 0 Å². The van der Waals surface area contributed by atoms with E-state index >= 15 is 0 Å². The molecule has 0 radical (unpaired) electrons. The number of aromatic nitrogens is 1. The number of hydrogen-bond donors (Lipinski definition) is 1. The van der Waals surface area contributed by atoms with Gasteiger partial charge in [0.2, 0.25) is 0 Å². The van der Waals surface area contributed by atoms with Crippen molar-refractivity contribution in [3.05, 3.63) is 21.9 Å². The molecule has 4 heteroatoms. The molecule has 1 atom stereocenters. The van der Waals surface area contributed by atoms with Crippen molar-refractivity contribution in [1.82, 2.24) is 4.98 Å². The molecule has 1 unspecified atom stereocenters. The Morgan fingerprint density at radius 3 is 2.73 bits per heavy atom. The van der Waals surface area contributed by atoms with Gasteiger partial charge in [-0.15, -0.1) is 0 Å². The monoisotopic (exact) mass is 290 g/mol. The van der Waals surface area contributed by atoms with Crippen LogP contribution in [0.4, 0.5) is 5.69 Å². The molecule has 84 valence electrons. The van der Waals surface area contributed by atoms with E-state index in [1.165, 1.54) is 0 Å². The average molecular weight is 292 g/mol. The van der Waals surface area contributed by atoms with Crippen LogP contribution < -0.4 is 5.32 Å². The summed E-state index contributed by atoms with van der Waals surface area (Å²) >= 11 is 9.39. The maximum Gasteiger partial charge on any atom is 0.152 e. The number of hydrogen-bond acceptors (Lipinski definition) is 2. The Morgan fingerprint density at radius 2 is 2.20 bits per heavy atom. The molecule has 0 saturated heterocycles. The molecule has 1 heterocycles. The van der Waals surface area contributed by atoms with Crippen LogP contribution in [0.15, 0.2) is 16.7 Å². The van der Waals surface area contributed by atoms with E-state index in [0.29, 0.717) is 17.1 Å². The molecular weight excluding hydrogens is 275 g/mol. The van der Waals surface area contributed by atoms with Crippen LogP contribution in [0.3, 0.4) is 0 Å². The van der Waals surface area contributed by atoms with E-state index in [4.69, 9.17) is 11.6 Å². The third kappa shape index (κ3) is 3.65. The van der Waals surface area contributed by atoms with Gasteiger partial charge in [0.05, 0.1) is 5.69 Å². The minimum atomic E-state index is 0.429. The number of halogens is 2. The van der Waals surface area contributed by atoms with Crippen LogP contribution in [0.2, 0.25) is 5.15 Å². The zero-order chi connectivity index (χ0) is 11.4. The lowest BCUT2D eigenvalue weighted by atomic mass is 10.0. The fraction of sp³-hybridized carbons (Fsp3) is 0.545. The van der Waals surface area contributed by atoms with Crippen molar-refractivity contribution in [2.45, 2.75) is 33.2 Å². The molecule has 0 amide bonds. The van der Waals surface area contributed by atoms with Gasteiger partial charge < -0.3 is 5.32 Å². The Hall–Kier alpha value is -0.280. The summed E-state index contributed by atoms with van der Waals surface area (Å²) in [6, 6.07) is 2.39. The number of pyridine rings is 1. The molecule has 1 N–H and O–H groups in total. The van der Waals surface area contributed by atoms with Crippen LogP contribution >= 0.6 is 27.5 Å². The molecular formula is C11H16BrClN2. The van der Waals surface area contributed by atoms with Gasteiger partial charge in [0.25, 0.3) is 0 Å². The summed E-state index contributed by atoms with van der Waals surface area (Å²) in [7, 11) is 0. The van der Waals surface area contributed by atoms with Crippen LogP contribution in [0.5, 0.6) is 0 Å². The maximum absolute atomic E-state index is 6.01. The topological polar surface area (TPSA) is 24.9 Å². The van der Waals surface area contributed by atoms with E-state index in [-0.39, 0.29) is 0 Å². The SMILES string of the molecule is CCC(Nc1cc(Br)cnc1Cl)C(C)C. The van der Waals surface area contributed by atoms with Crippen LogP contribution in [-0.2, 0) is 0 Å². The Bertz CT molecular complexity index is 328. The van der Waals surface area contributed by atoms with Crippen molar-refractivity contribution in [3.63, 3.8) is 0 Å². The predicted molar refractivity (Wildman–Crippen MR) is 69.5 cm³/mol. The highest BCUT2D eigenvalue weighted by Crippen LogP contribution is 2.25. The number of anilines is 1. The first-order valence-corrected chi connectivity index (χ1v) is 6.29. The Balaban J connectivity index is 2.82. The number of nitrogens with one attached hydrogen (secondary N) is 1. The molecule has 15 heavy (non-hydrogen) atoms. The normalized spacial score (nSPS) is 12.9. The standard InChI is InChI=1S/C11H16BrClN2/c1-4-9(7(2)3)15-10-5-8(12)6-14-11(10)13/h5-7,9,15H,4H2,1-3H3. The van der Waals surface area contributed by atoms with Gasteiger partial charge in [0.1, 0.15) is 0 Å².